The summed E-state index contributed by atoms with van der Waals surface area (Å²) >= 11 is 1.70. The van der Waals surface area contributed by atoms with Gasteiger partial charge in [-0.25, -0.2) is 4.39 Å². The highest BCUT2D eigenvalue weighted by molar-refractivity contribution is 7.99. The van der Waals surface area contributed by atoms with Crippen LogP contribution in [0.1, 0.15) is 0 Å². The molecule has 1 aromatic carbocycles. The standard InChI is InChI=1S/C16H18FN3OS/c17-14-3-1-13(2-4-14)15-5-6-16(19-18-15)22-12-9-20-7-10-21-11-8-20/h1-6H,7-12H2. The predicted octanol–water partition coefficient (Wildman–Crippen LogP) is 2.71. The van der Waals surface area contributed by atoms with Gasteiger partial charge in [0.1, 0.15) is 10.8 Å². The summed E-state index contributed by atoms with van der Waals surface area (Å²) in [7, 11) is 0. The van der Waals surface area contributed by atoms with Crippen LogP contribution in [0.3, 0.4) is 0 Å². The van der Waals surface area contributed by atoms with Gasteiger partial charge in [0.05, 0.1) is 18.9 Å². The van der Waals surface area contributed by atoms with Crippen LogP contribution >= 0.6 is 11.8 Å². The van der Waals surface area contributed by atoms with Crippen LogP contribution in [0.4, 0.5) is 4.39 Å². The van der Waals surface area contributed by atoms with E-state index in [4.69, 9.17) is 4.74 Å². The molecule has 1 fully saturated rings. The number of rotatable bonds is 5. The number of morpholine rings is 1. The lowest BCUT2D eigenvalue weighted by Gasteiger charge is -2.26. The van der Waals surface area contributed by atoms with Gasteiger partial charge in [0, 0.05) is 31.0 Å². The van der Waals surface area contributed by atoms with E-state index in [0.717, 1.165) is 54.9 Å². The Hall–Kier alpha value is -1.50. The second-order valence-corrected chi connectivity index (χ2v) is 6.18. The Morgan fingerprint density at radius 1 is 1.05 bits per heavy atom. The molecular weight excluding hydrogens is 301 g/mol. The smallest absolute Gasteiger partial charge is 0.123 e. The largest absolute Gasteiger partial charge is 0.379 e. The Morgan fingerprint density at radius 2 is 1.82 bits per heavy atom. The molecule has 4 nitrogen and oxygen atoms in total. The van der Waals surface area contributed by atoms with E-state index in [1.165, 1.54) is 12.1 Å². The lowest BCUT2D eigenvalue weighted by molar-refractivity contribution is 0.0410. The maximum Gasteiger partial charge on any atom is 0.123 e. The number of hydrogen-bond acceptors (Lipinski definition) is 5. The SMILES string of the molecule is Fc1ccc(-c2ccc(SCCN3CCOCC3)nn2)cc1. The fraction of sp³-hybridized carbons (Fsp3) is 0.375. The minimum atomic E-state index is -0.244. The molecule has 0 unspecified atom stereocenters. The zero-order valence-electron chi connectivity index (χ0n) is 12.2. The molecule has 0 bridgehead atoms. The Bertz CT molecular complexity index is 585. The van der Waals surface area contributed by atoms with Gasteiger partial charge in [-0.15, -0.1) is 22.0 Å². The van der Waals surface area contributed by atoms with Gasteiger partial charge in [0.25, 0.3) is 0 Å². The van der Waals surface area contributed by atoms with Crippen LogP contribution in [0.15, 0.2) is 41.4 Å². The van der Waals surface area contributed by atoms with Gasteiger partial charge in [-0.3, -0.25) is 4.90 Å². The summed E-state index contributed by atoms with van der Waals surface area (Å²) in [6.07, 6.45) is 0. The van der Waals surface area contributed by atoms with Gasteiger partial charge in [-0.1, -0.05) is 0 Å². The van der Waals surface area contributed by atoms with Gasteiger partial charge >= 0.3 is 0 Å². The summed E-state index contributed by atoms with van der Waals surface area (Å²) in [5.74, 6) is 0.747. The molecule has 1 aromatic heterocycles. The predicted molar refractivity (Wildman–Crippen MR) is 85.4 cm³/mol. The molecule has 0 spiro atoms. The first-order valence-electron chi connectivity index (χ1n) is 7.34. The third kappa shape index (κ3) is 4.25. The van der Waals surface area contributed by atoms with Crippen LogP contribution in [0, 0.1) is 5.82 Å². The Labute approximate surface area is 133 Å². The monoisotopic (exact) mass is 319 g/mol. The number of hydrogen-bond donors (Lipinski definition) is 0. The minimum Gasteiger partial charge on any atom is -0.379 e. The third-order valence-corrected chi connectivity index (χ3v) is 4.44. The van der Waals surface area contributed by atoms with Crippen LogP contribution in [-0.4, -0.2) is 53.7 Å². The molecule has 0 amide bonds. The molecule has 6 heteroatoms. The summed E-state index contributed by atoms with van der Waals surface area (Å²) in [6.45, 7) is 4.72. The summed E-state index contributed by atoms with van der Waals surface area (Å²) in [5.41, 5.74) is 1.64. The number of aromatic nitrogens is 2. The van der Waals surface area contributed by atoms with Gasteiger partial charge in [0.2, 0.25) is 0 Å². The number of thioether (sulfide) groups is 1. The molecule has 1 aliphatic rings. The molecule has 2 heterocycles. The van der Waals surface area contributed by atoms with Crippen LogP contribution < -0.4 is 0 Å². The van der Waals surface area contributed by atoms with Crippen molar-refractivity contribution in [3.8, 4) is 11.3 Å². The molecular formula is C16H18FN3OS. The van der Waals surface area contributed by atoms with E-state index in [0.29, 0.717) is 0 Å². The van der Waals surface area contributed by atoms with Crippen LogP contribution in [0.25, 0.3) is 11.3 Å². The van der Waals surface area contributed by atoms with Gasteiger partial charge < -0.3 is 4.74 Å². The van der Waals surface area contributed by atoms with Crippen molar-refractivity contribution in [3.63, 3.8) is 0 Å². The molecule has 22 heavy (non-hydrogen) atoms. The van der Waals surface area contributed by atoms with Crippen molar-refractivity contribution in [1.29, 1.82) is 0 Å². The van der Waals surface area contributed by atoms with Crippen LogP contribution in [0.2, 0.25) is 0 Å². The average molecular weight is 319 g/mol. The molecule has 1 saturated heterocycles. The molecule has 2 aromatic rings. The highest BCUT2D eigenvalue weighted by Crippen LogP contribution is 2.20. The van der Waals surface area contributed by atoms with Gasteiger partial charge in [-0.2, -0.15) is 0 Å². The van der Waals surface area contributed by atoms with Crippen LogP contribution in [0.5, 0.6) is 0 Å². The van der Waals surface area contributed by atoms with E-state index in [1.54, 1.807) is 23.9 Å². The highest BCUT2D eigenvalue weighted by Gasteiger charge is 2.10. The molecule has 0 N–H and O–H groups in total. The lowest BCUT2D eigenvalue weighted by Crippen LogP contribution is -2.37. The fourth-order valence-electron chi connectivity index (χ4n) is 2.28. The van der Waals surface area contributed by atoms with Gasteiger partial charge in [0.15, 0.2) is 0 Å². The highest BCUT2D eigenvalue weighted by atomic mass is 32.2. The van der Waals surface area contributed by atoms with E-state index >= 15 is 0 Å². The van der Waals surface area contributed by atoms with Crippen molar-refractivity contribution < 1.29 is 9.13 Å². The Kier molecular flexibility index (Phi) is 5.37. The summed E-state index contributed by atoms with van der Waals surface area (Å²) in [6, 6.07) is 10.2. The van der Waals surface area contributed by atoms with E-state index in [9.17, 15) is 4.39 Å². The summed E-state index contributed by atoms with van der Waals surface area (Å²) in [4.78, 5) is 2.40. The molecule has 0 radical (unpaired) electrons. The Morgan fingerprint density at radius 3 is 2.50 bits per heavy atom. The second kappa shape index (κ2) is 7.67. The summed E-state index contributed by atoms with van der Waals surface area (Å²) in [5, 5.41) is 9.37. The van der Waals surface area contributed by atoms with E-state index in [2.05, 4.69) is 15.1 Å². The van der Waals surface area contributed by atoms with Crippen LogP contribution in [-0.2, 0) is 4.74 Å². The first-order valence-corrected chi connectivity index (χ1v) is 8.32. The van der Waals surface area contributed by atoms with Crippen molar-refractivity contribution in [2.45, 2.75) is 5.03 Å². The molecule has 116 valence electrons. The number of ether oxygens (including phenoxy) is 1. The quantitative estimate of drug-likeness (QED) is 0.792. The van der Waals surface area contributed by atoms with Crippen molar-refractivity contribution >= 4 is 11.8 Å². The molecule has 0 saturated carbocycles. The number of benzene rings is 1. The molecule has 0 atom stereocenters. The first-order chi connectivity index (χ1) is 10.8. The normalized spacial score (nSPS) is 15.9. The first kappa shape index (κ1) is 15.4. The Balaban J connectivity index is 1.51. The van der Waals surface area contributed by atoms with E-state index in [-0.39, 0.29) is 5.82 Å². The summed E-state index contributed by atoms with van der Waals surface area (Å²) < 4.78 is 18.2. The topological polar surface area (TPSA) is 38.2 Å². The number of halogens is 1. The molecule has 1 aliphatic heterocycles. The van der Waals surface area contributed by atoms with Crippen molar-refractivity contribution in [3.05, 3.63) is 42.2 Å². The maximum atomic E-state index is 12.9. The van der Waals surface area contributed by atoms with E-state index < -0.39 is 0 Å². The zero-order valence-corrected chi connectivity index (χ0v) is 13.1. The molecule has 3 rings (SSSR count). The van der Waals surface area contributed by atoms with Gasteiger partial charge in [-0.05, 0) is 36.4 Å². The molecule has 0 aliphatic carbocycles. The average Bonchev–Trinajstić information content (AvgIpc) is 2.57. The minimum absolute atomic E-state index is 0.244. The zero-order chi connectivity index (χ0) is 15.2. The van der Waals surface area contributed by atoms with Crippen molar-refractivity contribution in [1.82, 2.24) is 15.1 Å². The number of nitrogens with zero attached hydrogens (tertiary/aromatic N) is 3. The lowest BCUT2D eigenvalue weighted by atomic mass is 10.1. The second-order valence-electron chi connectivity index (χ2n) is 5.07. The third-order valence-electron chi connectivity index (χ3n) is 3.54. The van der Waals surface area contributed by atoms with Crippen molar-refractivity contribution in [2.75, 3.05) is 38.6 Å². The fourth-order valence-corrected chi connectivity index (χ4v) is 3.10. The van der Waals surface area contributed by atoms with E-state index in [1.807, 2.05) is 12.1 Å². The maximum absolute atomic E-state index is 12.9. The van der Waals surface area contributed by atoms with Crippen molar-refractivity contribution in [2.24, 2.45) is 0 Å².